The van der Waals surface area contributed by atoms with E-state index in [0.29, 0.717) is 29.2 Å². The number of rotatable bonds is 3. The minimum atomic E-state index is -1.35. The molecular formula is C24H21ClN4O6. The second-order valence-electron chi connectivity index (χ2n) is 9.42. The molecule has 10 nitrogen and oxygen atoms in total. The molecule has 4 aliphatic rings. The van der Waals surface area contributed by atoms with Gasteiger partial charge in [0.25, 0.3) is 11.6 Å². The number of carbonyl (C=O) groups is 3. The van der Waals surface area contributed by atoms with Crippen LogP contribution in [0.15, 0.2) is 30.3 Å². The predicted octanol–water partition coefficient (Wildman–Crippen LogP) is 3.00. The number of methoxy groups -OCH3 is 1. The monoisotopic (exact) mass is 496 g/mol. The number of nitrogens with one attached hydrogen (secondary N) is 1. The number of aryl methyl sites for hydroxylation is 1. The van der Waals surface area contributed by atoms with Crippen molar-refractivity contribution in [3.05, 3.63) is 56.6 Å². The average Bonchev–Trinajstić information content (AvgIpc) is 3.52. The first kappa shape index (κ1) is 22.0. The van der Waals surface area contributed by atoms with E-state index >= 15 is 0 Å². The number of hydrogen-bond acceptors (Lipinski definition) is 7. The Balaban J connectivity index is 1.55. The van der Waals surface area contributed by atoms with Gasteiger partial charge < -0.3 is 10.1 Å². The molecule has 4 atom stereocenters. The summed E-state index contributed by atoms with van der Waals surface area (Å²) in [7, 11) is 1.32. The molecule has 4 aliphatic heterocycles. The molecule has 3 fully saturated rings. The fourth-order valence-corrected chi connectivity index (χ4v) is 6.92. The van der Waals surface area contributed by atoms with Crippen LogP contribution in [0.1, 0.15) is 24.0 Å². The first-order chi connectivity index (χ1) is 16.7. The van der Waals surface area contributed by atoms with Crippen molar-refractivity contribution in [1.82, 2.24) is 4.90 Å². The van der Waals surface area contributed by atoms with Crippen LogP contribution in [0.3, 0.4) is 0 Å². The molecule has 2 aromatic carbocycles. The van der Waals surface area contributed by atoms with Gasteiger partial charge in [0, 0.05) is 17.7 Å². The third-order valence-corrected chi connectivity index (χ3v) is 8.11. The molecular weight excluding hydrogens is 476 g/mol. The third kappa shape index (κ3) is 2.61. The minimum absolute atomic E-state index is 0.0355. The number of nitro groups is 1. The zero-order chi connectivity index (χ0) is 24.8. The second kappa shape index (κ2) is 7.25. The third-order valence-electron chi connectivity index (χ3n) is 7.81. The van der Waals surface area contributed by atoms with Crippen molar-refractivity contribution >= 4 is 46.4 Å². The highest BCUT2D eigenvalue weighted by atomic mass is 35.5. The van der Waals surface area contributed by atoms with Crippen molar-refractivity contribution in [2.24, 2.45) is 11.8 Å². The number of fused-ring (bicyclic) bond motifs is 7. The summed E-state index contributed by atoms with van der Waals surface area (Å²) < 4.78 is 5.32. The first-order valence-electron chi connectivity index (χ1n) is 11.3. The standard InChI is InChI=1S/C24H21ClN4O6/c1-11-8-13-20(14(25)9-11)26-23(32)24(13)19-18(16-4-3-7-27(16)24)21(30)28(22(19)31)15-6-5-12(29(33)34)10-17(15)35-2/h5-6,8-10,16,18-19H,3-4,7H2,1-2H3,(H,26,32). The molecule has 0 aliphatic carbocycles. The van der Waals surface area contributed by atoms with E-state index in [1.165, 1.54) is 25.3 Å². The van der Waals surface area contributed by atoms with Crippen molar-refractivity contribution in [2.75, 3.05) is 23.9 Å². The summed E-state index contributed by atoms with van der Waals surface area (Å²) in [6, 6.07) is 7.08. The number of amides is 3. The molecule has 0 aromatic heterocycles. The zero-order valence-corrected chi connectivity index (χ0v) is 19.7. The largest absolute Gasteiger partial charge is 0.494 e. The molecule has 35 heavy (non-hydrogen) atoms. The summed E-state index contributed by atoms with van der Waals surface area (Å²) in [6.07, 6.45) is 1.47. The van der Waals surface area contributed by atoms with Crippen LogP contribution in [-0.2, 0) is 19.9 Å². The minimum Gasteiger partial charge on any atom is -0.494 e. The molecule has 0 saturated carbocycles. The Hall–Kier alpha value is -3.50. The number of anilines is 2. The van der Waals surface area contributed by atoms with E-state index in [9.17, 15) is 24.5 Å². The average molecular weight is 497 g/mol. The van der Waals surface area contributed by atoms with E-state index in [-0.39, 0.29) is 29.1 Å². The van der Waals surface area contributed by atoms with Gasteiger partial charge in [0.15, 0.2) is 0 Å². The highest BCUT2D eigenvalue weighted by molar-refractivity contribution is 6.35. The van der Waals surface area contributed by atoms with Crippen LogP contribution in [0.4, 0.5) is 17.1 Å². The molecule has 1 N–H and O–H groups in total. The Morgan fingerprint density at radius 1 is 1.20 bits per heavy atom. The van der Waals surface area contributed by atoms with Gasteiger partial charge in [0.05, 0.1) is 46.3 Å². The number of ether oxygens (including phenoxy) is 1. The lowest BCUT2D eigenvalue weighted by Crippen LogP contribution is -2.54. The summed E-state index contributed by atoms with van der Waals surface area (Å²) in [5.74, 6) is -2.98. The van der Waals surface area contributed by atoms with Crippen molar-refractivity contribution in [3.63, 3.8) is 0 Å². The molecule has 6 rings (SSSR count). The van der Waals surface area contributed by atoms with E-state index in [1.807, 2.05) is 17.9 Å². The van der Waals surface area contributed by atoms with E-state index in [0.717, 1.165) is 16.9 Å². The van der Waals surface area contributed by atoms with Crippen LogP contribution >= 0.6 is 11.6 Å². The van der Waals surface area contributed by atoms with Crippen molar-refractivity contribution in [3.8, 4) is 5.75 Å². The van der Waals surface area contributed by atoms with E-state index in [4.69, 9.17) is 16.3 Å². The quantitative estimate of drug-likeness (QED) is 0.393. The van der Waals surface area contributed by atoms with E-state index < -0.39 is 34.1 Å². The molecule has 4 unspecified atom stereocenters. The summed E-state index contributed by atoms with van der Waals surface area (Å²) in [4.78, 5) is 55.4. The molecule has 4 heterocycles. The molecule has 180 valence electrons. The topological polar surface area (TPSA) is 122 Å². The van der Waals surface area contributed by atoms with Crippen LogP contribution < -0.4 is 15.0 Å². The number of nitro benzene ring substituents is 1. The number of carbonyl (C=O) groups excluding carboxylic acids is 3. The van der Waals surface area contributed by atoms with Crippen molar-refractivity contribution in [2.45, 2.75) is 31.3 Å². The molecule has 2 aromatic rings. The predicted molar refractivity (Wildman–Crippen MR) is 125 cm³/mol. The number of nitrogens with zero attached hydrogens (tertiary/aromatic N) is 3. The molecule has 0 radical (unpaired) electrons. The van der Waals surface area contributed by atoms with Gasteiger partial charge in [0.1, 0.15) is 11.3 Å². The Bertz CT molecular complexity index is 1360. The molecule has 11 heteroatoms. The fourth-order valence-electron chi connectivity index (χ4n) is 6.60. The Morgan fingerprint density at radius 3 is 2.69 bits per heavy atom. The molecule has 1 spiro atoms. The second-order valence-corrected chi connectivity index (χ2v) is 9.83. The van der Waals surface area contributed by atoms with Gasteiger partial charge in [-0.3, -0.25) is 29.4 Å². The van der Waals surface area contributed by atoms with E-state index in [1.54, 1.807) is 6.07 Å². The Morgan fingerprint density at radius 2 is 1.97 bits per heavy atom. The summed E-state index contributed by atoms with van der Waals surface area (Å²) in [6.45, 7) is 2.45. The van der Waals surface area contributed by atoms with Crippen molar-refractivity contribution in [1.29, 1.82) is 0 Å². The molecule has 3 saturated heterocycles. The van der Waals surface area contributed by atoms with E-state index in [2.05, 4.69) is 5.32 Å². The summed E-state index contributed by atoms with van der Waals surface area (Å²) in [5, 5.41) is 14.5. The number of halogens is 1. The highest BCUT2D eigenvalue weighted by Gasteiger charge is 2.75. The van der Waals surface area contributed by atoms with Gasteiger partial charge >= 0.3 is 0 Å². The zero-order valence-electron chi connectivity index (χ0n) is 18.9. The lowest BCUT2D eigenvalue weighted by molar-refractivity contribution is -0.384. The maximum absolute atomic E-state index is 14.1. The van der Waals surface area contributed by atoms with Crippen LogP contribution in [0.25, 0.3) is 0 Å². The maximum atomic E-state index is 14.1. The van der Waals surface area contributed by atoms with Gasteiger partial charge in [-0.1, -0.05) is 17.7 Å². The number of non-ortho nitro benzene ring substituents is 1. The smallest absolute Gasteiger partial charge is 0.273 e. The lowest BCUT2D eigenvalue weighted by Gasteiger charge is -2.36. The van der Waals surface area contributed by atoms with Crippen molar-refractivity contribution < 1.29 is 24.0 Å². The Labute approximate surface area is 204 Å². The summed E-state index contributed by atoms with van der Waals surface area (Å²) >= 11 is 6.49. The number of hydrogen-bond donors (Lipinski definition) is 1. The summed E-state index contributed by atoms with van der Waals surface area (Å²) in [5.41, 5.74) is 0.479. The van der Waals surface area contributed by atoms with Gasteiger partial charge in [0.2, 0.25) is 11.8 Å². The fraction of sp³-hybridized carbons (Fsp3) is 0.375. The Kier molecular flexibility index (Phi) is 4.56. The maximum Gasteiger partial charge on any atom is 0.273 e. The normalized spacial score (nSPS) is 28.9. The van der Waals surface area contributed by atoms with Gasteiger partial charge in [-0.2, -0.15) is 0 Å². The number of imide groups is 1. The van der Waals surface area contributed by atoms with Crippen LogP contribution in [-0.4, -0.2) is 47.2 Å². The molecule has 3 amide bonds. The van der Waals surface area contributed by atoms with Crippen LogP contribution in [0.5, 0.6) is 5.75 Å². The first-order valence-corrected chi connectivity index (χ1v) is 11.7. The lowest BCUT2D eigenvalue weighted by atomic mass is 9.75. The van der Waals surface area contributed by atoms with Crippen LogP contribution in [0, 0.1) is 28.9 Å². The SMILES string of the molecule is COc1cc([N+](=O)[O-])ccc1N1C(=O)C2C3CCCN3C3(C(=O)Nc4c(Cl)cc(C)cc43)C2C1=O. The number of benzene rings is 2. The molecule has 0 bridgehead atoms. The highest BCUT2D eigenvalue weighted by Crippen LogP contribution is 2.61. The van der Waals surface area contributed by atoms with Gasteiger partial charge in [-0.15, -0.1) is 0 Å². The van der Waals surface area contributed by atoms with Gasteiger partial charge in [-0.05, 0) is 44.0 Å². The van der Waals surface area contributed by atoms with Crippen LogP contribution in [0.2, 0.25) is 5.02 Å². The van der Waals surface area contributed by atoms with Gasteiger partial charge in [-0.25, -0.2) is 4.90 Å².